The van der Waals surface area contributed by atoms with Crippen LogP contribution < -0.4 is 10.4 Å². The maximum Gasteiger partial charge on any atom is 0.379 e. The van der Waals surface area contributed by atoms with Gasteiger partial charge in [-0.15, -0.1) is 0 Å². The molecule has 1 aromatic heterocycles. The van der Waals surface area contributed by atoms with E-state index in [4.69, 9.17) is 25.5 Å². The van der Waals surface area contributed by atoms with Crippen molar-refractivity contribution in [2.45, 2.75) is 18.1 Å². The zero-order valence-corrected chi connectivity index (χ0v) is 15.0. The fourth-order valence-electron chi connectivity index (χ4n) is 3.42. The average Bonchev–Trinajstić information content (AvgIpc) is 2.68. The summed E-state index contributed by atoms with van der Waals surface area (Å²) in [5, 5.41) is 11.7. The molecule has 6 nitrogen and oxygen atoms in total. The second-order valence-electron chi connectivity index (χ2n) is 6.32. The summed E-state index contributed by atoms with van der Waals surface area (Å²) in [7, 11) is 1.16. The van der Waals surface area contributed by atoms with Crippen molar-refractivity contribution in [1.82, 2.24) is 0 Å². The molecule has 0 radical (unpaired) electrons. The molecule has 27 heavy (non-hydrogen) atoms. The van der Waals surface area contributed by atoms with E-state index in [-0.39, 0.29) is 23.3 Å². The Balaban J connectivity index is 2.04. The molecule has 0 amide bonds. The predicted molar refractivity (Wildman–Crippen MR) is 98.0 cm³/mol. The highest BCUT2D eigenvalue weighted by molar-refractivity contribution is 6.31. The number of benzene rings is 2. The van der Waals surface area contributed by atoms with E-state index in [2.05, 4.69) is 0 Å². The molecule has 0 bridgehead atoms. The van der Waals surface area contributed by atoms with Crippen LogP contribution in [0.4, 0.5) is 0 Å². The van der Waals surface area contributed by atoms with Crippen LogP contribution >= 0.6 is 11.6 Å². The summed E-state index contributed by atoms with van der Waals surface area (Å²) >= 11 is 6.09. The third-order valence-electron chi connectivity index (χ3n) is 4.66. The highest BCUT2D eigenvalue weighted by Gasteiger charge is 2.49. The highest BCUT2D eigenvalue weighted by atomic mass is 35.5. The van der Waals surface area contributed by atoms with Gasteiger partial charge in [-0.25, -0.2) is 9.59 Å². The van der Waals surface area contributed by atoms with Crippen LogP contribution in [0.1, 0.15) is 23.5 Å². The Labute approximate surface area is 158 Å². The monoisotopic (exact) mass is 386 g/mol. The van der Waals surface area contributed by atoms with E-state index < -0.39 is 23.3 Å². The Bertz CT molecular complexity index is 1090. The van der Waals surface area contributed by atoms with E-state index in [1.165, 1.54) is 6.07 Å². The van der Waals surface area contributed by atoms with Crippen LogP contribution in [0, 0.1) is 0 Å². The van der Waals surface area contributed by atoms with Gasteiger partial charge in [0.05, 0.1) is 18.1 Å². The van der Waals surface area contributed by atoms with Crippen LogP contribution in [0.15, 0.2) is 57.7 Å². The number of rotatable bonds is 2. The molecule has 1 aliphatic rings. The number of halogens is 1. The highest BCUT2D eigenvalue weighted by Crippen LogP contribution is 2.45. The van der Waals surface area contributed by atoms with Gasteiger partial charge in [0.1, 0.15) is 11.3 Å². The first-order valence-electron chi connectivity index (χ1n) is 8.24. The SMILES string of the molecule is COC(=O)[C@@]1(O)C[C@H](c2ccccc2)c2c(c3cc(Cl)ccc3oc2=O)O1. The standard InChI is InChI=1S/C20H15ClO6/c1-25-19(23)20(24)10-14(11-5-3-2-4-6-11)16-17(27-20)13-9-12(21)7-8-15(13)26-18(16)22/h2-9,14,24H,10H2,1H3/t14-,20-/m1/s1. The molecule has 0 saturated carbocycles. The van der Waals surface area contributed by atoms with Crippen LogP contribution in [0.5, 0.6) is 5.75 Å². The molecule has 0 spiro atoms. The van der Waals surface area contributed by atoms with Gasteiger partial charge in [0.2, 0.25) is 0 Å². The van der Waals surface area contributed by atoms with Gasteiger partial charge in [-0.1, -0.05) is 41.9 Å². The van der Waals surface area contributed by atoms with Gasteiger partial charge in [-0.3, -0.25) is 0 Å². The van der Waals surface area contributed by atoms with Crippen molar-refractivity contribution >= 4 is 28.5 Å². The van der Waals surface area contributed by atoms with Crippen molar-refractivity contribution in [3.63, 3.8) is 0 Å². The van der Waals surface area contributed by atoms with Crippen LogP contribution in [0.25, 0.3) is 11.0 Å². The molecule has 0 aliphatic carbocycles. The van der Waals surface area contributed by atoms with Crippen molar-refractivity contribution in [2.75, 3.05) is 7.11 Å². The Hall–Kier alpha value is -2.83. The first kappa shape index (κ1) is 17.6. The Kier molecular flexibility index (Phi) is 4.17. The Morgan fingerprint density at radius 1 is 1.26 bits per heavy atom. The van der Waals surface area contributed by atoms with Crippen LogP contribution in [-0.4, -0.2) is 24.0 Å². The van der Waals surface area contributed by atoms with Crippen molar-refractivity contribution in [3.05, 3.63) is 75.1 Å². The maximum atomic E-state index is 12.7. The van der Waals surface area contributed by atoms with Gasteiger partial charge in [0.15, 0.2) is 0 Å². The molecule has 0 saturated heterocycles. The maximum absolute atomic E-state index is 12.7. The summed E-state index contributed by atoms with van der Waals surface area (Å²) in [4.78, 5) is 25.0. The quantitative estimate of drug-likeness (QED) is 0.537. The topological polar surface area (TPSA) is 86.0 Å². The number of ether oxygens (including phenoxy) is 2. The molecule has 2 aromatic carbocycles. The third kappa shape index (κ3) is 2.87. The molecule has 0 unspecified atom stereocenters. The average molecular weight is 387 g/mol. The predicted octanol–water partition coefficient (Wildman–Crippen LogP) is 3.22. The summed E-state index contributed by atoms with van der Waals surface area (Å²) in [6.45, 7) is 0. The van der Waals surface area contributed by atoms with Crippen LogP contribution in [-0.2, 0) is 9.53 Å². The molecular formula is C20H15ClO6. The fraction of sp³-hybridized carbons (Fsp3) is 0.200. The van der Waals surface area contributed by atoms with E-state index in [1.54, 1.807) is 36.4 Å². The lowest BCUT2D eigenvalue weighted by atomic mass is 9.83. The lowest BCUT2D eigenvalue weighted by Gasteiger charge is -2.36. The summed E-state index contributed by atoms with van der Waals surface area (Å²) in [6, 6.07) is 13.7. The number of aliphatic hydroxyl groups is 1. The van der Waals surface area contributed by atoms with Gasteiger partial charge in [-0.2, -0.15) is 0 Å². The molecule has 2 atom stereocenters. The van der Waals surface area contributed by atoms with Gasteiger partial charge < -0.3 is 19.0 Å². The smallest absolute Gasteiger partial charge is 0.379 e. The van der Waals surface area contributed by atoms with E-state index in [9.17, 15) is 14.7 Å². The molecule has 138 valence electrons. The minimum Gasteiger partial charge on any atom is -0.464 e. The minimum atomic E-state index is -2.24. The number of hydrogen-bond acceptors (Lipinski definition) is 6. The largest absolute Gasteiger partial charge is 0.464 e. The number of carbonyl (C=O) groups excluding carboxylic acids is 1. The molecule has 3 aromatic rings. The Morgan fingerprint density at radius 2 is 2.00 bits per heavy atom. The first-order chi connectivity index (χ1) is 12.9. The van der Waals surface area contributed by atoms with Gasteiger partial charge >= 0.3 is 17.4 Å². The molecule has 0 fully saturated rings. The third-order valence-corrected chi connectivity index (χ3v) is 4.89. The molecule has 4 rings (SSSR count). The number of carbonyl (C=O) groups is 1. The summed E-state index contributed by atoms with van der Waals surface area (Å²) in [6.07, 6.45) is -0.187. The van der Waals surface area contributed by atoms with Gasteiger partial charge in [-0.05, 0) is 23.8 Å². The van der Waals surface area contributed by atoms with Gasteiger partial charge in [0, 0.05) is 17.4 Å². The molecule has 7 heteroatoms. The molecule has 2 heterocycles. The zero-order chi connectivity index (χ0) is 19.2. The number of methoxy groups -OCH3 is 1. The van der Waals surface area contributed by atoms with Crippen LogP contribution in [0.3, 0.4) is 0 Å². The second kappa shape index (κ2) is 6.40. The van der Waals surface area contributed by atoms with Crippen molar-refractivity contribution in [1.29, 1.82) is 0 Å². The number of hydrogen-bond donors (Lipinski definition) is 1. The molecule has 1 aliphatic heterocycles. The second-order valence-corrected chi connectivity index (χ2v) is 6.75. The summed E-state index contributed by atoms with van der Waals surface area (Å²) in [5.74, 6) is -3.75. The van der Waals surface area contributed by atoms with Gasteiger partial charge in [0.25, 0.3) is 0 Å². The zero-order valence-electron chi connectivity index (χ0n) is 14.3. The van der Waals surface area contributed by atoms with Crippen molar-refractivity contribution in [2.24, 2.45) is 0 Å². The van der Waals surface area contributed by atoms with Crippen molar-refractivity contribution in [3.8, 4) is 5.75 Å². The Morgan fingerprint density at radius 3 is 2.70 bits per heavy atom. The number of fused-ring (bicyclic) bond motifs is 3. The first-order valence-corrected chi connectivity index (χ1v) is 8.62. The van der Waals surface area contributed by atoms with Crippen LogP contribution in [0.2, 0.25) is 5.02 Å². The number of esters is 1. The summed E-state index contributed by atoms with van der Waals surface area (Å²) in [5.41, 5.74) is 0.604. The normalized spacial score (nSPS) is 21.4. The van der Waals surface area contributed by atoms with E-state index in [0.717, 1.165) is 12.7 Å². The van der Waals surface area contributed by atoms with E-state index in [1.807, 2.05) is 6.07 Å². The lowest BCUT2D eigenvalue weighted by Crippen LogP contribution is -2.50. The molecule has 1 N–H and O–H groups in total. The van der Waals surface area contributed by atoms with E-state index in [0.29, 0.717) is 10.4 Å². The van der Waals surface area contributed by atoms with Crippen molar-refractivity contribution < 1.29 is 23.8 Å². The molecular weight excluding hydrogens is 372 g/mol. The fourth-order valence-corrected chi connectivity index (χ4v) is 3.59. The minimum absolute atomic E-state index is 0.0664. The summed E-state index contributed by atoms with van der Waals surface area (Å²) < 4.78 is 15.8. The lowest BCUT2D eigenvalue weighted by molar-refractivity contribution is -0.202. The van der Waals surface area contributed by atoms with E-state index >= 15 is 0 Å².